The second-order valence-corrected chi connectivity index (χ2v) is 5.36. The van der Waals surface area contributed by atoms with E-state index in [-0.39, 0.29) is 17.1 Å². The van der Waals surface area contributed by atoms with Gasteiger partial charge in [0.05, 0.1) is 5.56 Å². The molecule has 1 heterocycles. The lowest BCUT2D eigenvalue weighted by Crippen LogP contribution is -1.90. The summed E-state index contributed by atoms with van der Waals surface area (Å²) in [4.78, 5) is 0. The summed E-state index contributed by atoms with van der Waals surface area (Å²) in [5.74, 6) is -1.00. The van der Waals surface area contributed by atoms with Gasteiger partial charge in [0, 0.05) is 16.1 Å². The number of nitrogens with zero attached hydrogens (tertiary/aromatic N) is 1. The van der Waals surface area contributed by atoms with Gasteiger partial charge in [-0.25, -0.2) is 8.78 Å². The first-order valence-electron chi connectivity index (χ1n) is 6.02. The molecule has 0 aliphatic carbocycles. The van der Waals surface area contributed by atoms with Crippen molar-refractivity contribution >= 4 is 21.7 Å². The van der Waals surface area contributed by atoms with Crippen molar-refractivity contribution in [2.45, 2.75) is 0 Å². The maximum Gasteiger partial charge on any atom is 0.177 e. The summed E-state index contributed by atoms with van der Waals surface area (Å²) in [5.41, 5.74) is 7.31. The van der Waals surface area contributed by atoms with Crippen molar-refractivity contribution in [3.8, 4) is 22.5 Å². The molecule has 6 heteroatoms. The van der Waals surface area contributed by atoms with E-state index >= 15 is 0 Å². The second kappa shape index (κ2) is 5.29. The molecule has 0 saturated heterocycles. The Morgan fingerprint density at radius 2 is 1.71 bits per heavy atom. The molecule has 0 radical (unpaired) electrons. The molecule has 2 aromatic carbocycles. The highest BCUT2D eigenvalue weighted by Gasteiger charge is 2.19. The van der Waals surface area contributed by atoms with Crippen molar-refractivity contribution < 1.29 is 13.3 Å². The summed E-state index contributed by atoms with van der Waals surface area (Å²) in [6.45, 7) is 0. The maximum atomic E-state index is 13.4. The van der Waals surface area contributed by atoms with Crippen LogP contribution in [0.2, 0.25) is 0 Å². The predicted octanol–water partition coefficient (Wildman–Crippen LogP) is 4.63. The molecule has 0 amide bonds. The van der Waals surface area contributed by atoms with Crippen LogP contribution in [0.5, 0.6) is 0 Å². The van der Waals surface area contributed by atoms with E-state index < -0.39 is 11.6 Å². The number of hydrogen-bond donors (Lipinski definition) is 1. The van der Waals surface area contributed by atoms with Crippen LogP contribution in [-0.2, 0) is 0 Å². The van der Waals surface area contributed by atoms with E-state index in [0.717, 1.165) is 16.1 Å². The molecule has 3 aromatic rings. The minimum Gasteiger partial charge on any atom is -0.380 e. The zero-order chi connectivity index (χ0) is 15.0. The average molecular weight is 351 g/mol. The lowest BCUT2D eigenvalue weighted by atomic mass is 10.0. The molecule has 0 spiro atoms. The molecule has 0 unspecified atom stereocenters. The van der Waals surface area contributed by atoms with Gasteiger partial charge >= 0.3 is 0 Å². The van der Waals surface area contributed by atoms with Crippen LogP contribution in [0.15, 0.2) is 51.5 Å². The highest BCUT2D eigenvalue weighted by molar-refractivity contribution is 9.10. The number of nitrogens with two attached hydrogens (primary N) is 1. The minimum absolute atomic E-state index is 0.160. The van der Waals surface area contributed by atoms with Gasteiger partial charge in [0.1, 0.15) is 11.6 Å². The summed E-state index contributed by atoms with van der Waals surface area (Å²) < 4.78 is 32.8. The minimum atomic E-state index is -0.694. The molecule has 21 heavy (non-hydrogen) atoms. The van der Waals surface area contributed by atoms with Crippen molar-refractivity contribution in [2.75, 3.05) is 5.73 Å². The van der Waals surface area contributed by atoms with Crippen LogP contribution in [0.1, 0.15) is 0 Å². The Bertz CT molecular complexity index is 797. The van der Waals surface area contributed by atoms with Gasteiger partial charge in [-0.05, 0) is 29.8 Å². The molecule has 0 bridgehead atoms. The molecule has 1 aromatic heterocycles. The van der Waals surface area contributed by atoms with Crippen LogP contribution in [0.25, 0.3) is 22.5 Å². The van der Waals surface area contributed by atoms with E-state index in [9.17, 15) is 8.78 Å². The highest BCUT2D eigenvalue weighted by Crippen LogP contribution is 2.37. The molecule has 106 valence electrons. The van der Waals surface area contributed by atoms with Gasteiger partial charge in [-0.2, -0.15) is 0 Å². The Kier molecular flexibility index (Phi) is 3.47. The molecule has 3 rings (SSSR count). The average Bonchev–Trinajstić information content (AvgIpc) is 2.79. The van der Waals surface area contributed by atoms with Gasteiger partial charge in [0.2, 0.25) is 0 Å². The summed E-state index contributed by atoms with van der Waals surface area (Å²) in [6.07, 6.45) is 0. The van der Waals surface area contributed by atoms with Gasteiger partial charge in [0.15, 0.2) is 11.6 Å². The third-order valence-corrected chi connectivity index (χ3v) is 3.45. The number of nitrogen functional groups attached to an aromatic ring is 1. The van der Waals surface area contributed by atoms with Crippen molar-refractivity contribution in [2.24, 2.45) is 0 Å². The van der Waals surface area contributed by atoms with E-state index in [2.05, 4.69) is 21.1 Å². The Hall–Kier alpha value is -2.21. The van der Waals surface area contributed by atoms with Gasteiger partial charge in [-0.3, -0.25) is 0 Å². The van der Waals surface area contributed by atoms with Crippen LogP contribution >= 0.6 is 15.9 Å². The first-order valence-corrected chi connectivity index (χ1v) is 6.81. The zero-order valence-corrected chi connectivity index (χ0v) is 12.2. The quantitative estimate of drug-likeness (QED) is 0.732. The molecular weight excluding hydrogens is 342 g/mol. The Labute approximate surface area is 127 Å². The van der Waals surface area contributed by atoms with Crippen molar-refractivity contribution in [3.63, 3.8) is 0 Å². The van der Waals surface area contributed by atoms with Gasteiger partial charge in [0.25, 0.3) is 0 Å². The van der Waals surface area contributed by atoms with Crippen LogP contribution in [-0.4, -0.2) is 5.16 Å². The molecule has 0 aliphatic rings. The number of hydrogen-bond acceptors (Lipinski definition) is 3. The summed E-state index contributed by atoms with van der Waals surface area (Å²) in [6, 6.07) is 10.4. The topological polar surface area (TPSA) is 52.0 Å². The molecule has 0 atom stereocenters. The van der Waals surface area contributed by atoms with Crippen molar-refractivity contribution in [1.82, 2.24) is 5.16 Å². The molecular formula is C15H9BrF2N2O. The molecule has 0 saturated carbocycles. The monoisotopic (exact) mass is 350 g/mol. The van der Waals surface area contributed by atoms with Crippen LogP contribution in [0.4, 0.5) is 14.6 Å². The summed E-state index contributed by atoms with van der Waals surface area (Å²) >= 11 is 3.36. The normalized spacial score (nSPS) is 10.8. The standard InChI is InChI=1S/C15H9BrF2N2O/c16-10-3-1-2-8(4-10)13-14(21-20-15(13)19)9-5-11(17)7-12(18)6-9/h1-7H,(H2,19,20). The second-order valence-electron chi connectivity index (χ2n) is 4.44. The maximum absolute atomic E-state index is 13.4. The lowest BCUT2D eigenvalue weighted by molar-refractivity contribution is 0.435. The third kappa shape index (κ3) is 2.67. The first kappa shape index (κ1) is 13.8. The third-order valence-electron chi connectivity index (χ3n) is 2.96. The van der Waals surface area contributed by atoms with E-state index in [0.29, 0.717) is 5.56 Å². The number of anilines is 1. The Balaban J connectivity index is 2.21. The fraction of sp³-hybridized carbons (Fsp3) is 0. The predicted molar refractivity (Wildman–Crippen MR) is 79.4 cm³/mol. The highest BCUT2D eigenvalue weighted by atomic mass is 79.9. The number of rotatable bonds is 2. The van der Waals surface area contributed by atoms with Crippen LogP contribution in [0, 0.1) is 11.6 Å². The Morgan fingerprint density at radius 1 is 1.00 bits per heavy atom. The Morgan fingerprint density at radius 3 is 2.38 bits per heavy atom. The van der Waals surface area contributed by atoms with E-state index in [1.807, 2.05) is 24.3 Å². The largest absolute Gasteiger partial charge is 0.380 e. The molecule has 0 aliphatic heterocycles. The van der Waals surface area contributed by atoms with Crippen molar-refractivity contribution in [1.29, 1.82) is 0 Å². The SMILES string of the molecule is Nc1noc(-c2cc(F)cc(F)c2)c1-c1cccc(Br)c1. The molecule has 0 fully saturated rings. The summed E-state index contributed by atoms with van der Waals surface area (Å²) in [7, 11) is 0. The van der Waals surface area contributed by atoms with Crippen LogP contribution in [0.3, 0.4) is 0 Å². The fourth-order valence-corrected chi connectivity index (χ4v) is 2.51. The fourth-order valence-electron chi connectivity index (χ4n) is 2.11. The molecule has 2 N–H and O–H groups in total. The van der Waals surface area contributed by atoms with E-state index in [1.54, 1.807) is 0 Å². The molecule has 3 nitrogen and oxygen atoms in total. The van der Waals surface area contributed by atoms with E-state index in [1.165, 1.54) is 12.1 Å². The number of aromatic nitrogens is 1. The number of benzene rings is 2. The van der Waals surface area contributed by atoms with Crippen LogP contribution < -0.4 is 5.73 Å². The smallest absolute Gasteiger partial charge is 0.177 e. The zero-order valence-electron chi connectivity index (χ0n) is 10.6. The number of halogens is 3. The van der Waals surface area contributed by atoms with Crippen molar-refractivity contribution in [3.05, 3.63) is 58.6 Å². The first-order chi connectivity index (χ1) is 10.0. The van der Waals surface area contributed by atoms with E-state index in [4.69, 9.17) is 10.3 Å². The van der Waals surface area contributed by atoms with Gasteiger partial charge in [-0.15, -0.1) is 0 Å². The van der Waals surface area contributed by atoms with Gasteiger partial charge < -0.3 is 10.3 Å². The lowest BCUT2D eigenvalue weighted by Gasteiger charge is -2.04. The van der Waals surface area contributed by atoms with Gasteiger partial charge in [-0.1, -0.05) is 33.2 Å². The summed E-state index contributed by atoms with van der Waals surface area (Å²) in [5, 5.41) is 3.70.